The minimum Gasteiger partial charge on any atom is -0.495 e. The number of thioether (sulfide) groups is 2. The summed E-state index contributed by atoms with van der Waals surface area (Å²) in [5.74, 6) is 4.17. The minimum absolute atomic E-state index is 0.0144. The van der Waals surface area contributed by atoms with Gasteiger partial charge in [0.05, 0.1) is 99.1 Å². The molecule has 6 aromatic carbocycles. The number of carbonyl (C=O) groups excluding carboxylic acids is 8. The highest BCUT2D eigenvalue weighted by molar-refractivity contribution is 8.08. The van der Waals surface area contributed by atoms with E-state index in [1.807, 2.05) is 158 Å². The zero-order valence-corrected chi connectivity index (χ0v) is 68.2. The summed E-state index contributed by atoms with van der Waals surface area (Å²) in [6, 6.07) is 49.9. The lowest BCUT2D eigenvalue weighted by Gasteiger charge is -2.45. The third-order valence-corrected chi connectivity index (χ3v) is 24.0. The molecule has 5 aliphatic rings. The molecule has 9 aromatic rings. The second kappa shape index (κ2) is 39.4. The molecule has 0 unspecified atom stereocenters. The lowest BCUT2D eigenvalue weighted by Crippen LogP contribution is -2.55. The van der Waals surface area contributed by atoms with Gasteiger partial charge in [0.2, 0.25) is 35.5 Å². The van der Waals surface area contributed by atoms with Crippen molar-refractivity contribution in [3.05, 3.63) is 219 Å². The third-order valence-electron chi connectivity index (χ3n) is 21.7. The number of urea groups is 1. The standard InChI is InChI=1S/C89H96N14O14S2/c1-88(94-39-16-19-60-26-31-73(113-3)72(52-60)102-43-35-75(105)97-87(102)112)37-44-100(45-38-88)63-33-41-101(42-34-63)86-96-70-30-27-61(69-56-99(2)83(109)78-67(69)32-40-90-78)53-68(70)81(98-86)89(117-64-28-29-64,62-20-10-5-11-21-62)57-116-58-93-82(108)71(51-59-17-8-4-9-18-59)95-77(107)55-92-76(106)54-91-74(104)36-47-114-49-50-115-48-46-103-84(110)79(118-65-22-12-6-13-23-65)80(85(103)111)119-66-24-14-7-15-25-66/h4-15,17-18,20-27,30-32,40,52-53,56,63-64,71,90,94H,28-29,33-39,41-51,54-55,57-58H2,1-3H3,(H,91,104)(H,92,106)(H,93,108)(H,95,107)(H,97,105,112)/t71-,89-/m0/s1. The Labute approximate surface area is 697 Å². The van der Waals surface area contributed by atoms with Gasteiger partial charge in [0, 0.05) is 115 Å². The quantitative estimate of drug-likeness (QED) is 0.00837. The lowest BCUT2D eigenvalue weighted by molar-refractivity contribution is -0.138. The number of benzene rings is 6. The van der Waals surface area contributed by atoms with E-state index in [1.165, 1.54) is 33.3 Å². The number of piperidine rings is 2. The Morgan fingerprint density at radius 3 is 2.03 bits per heavy atom. The van der Waals surface area contributed by atoms with Crippen molar-refractivity contribution in [3.63, 3.8) is 0 Å². The number of nitrogens with zero attached hydrogens (tertiary/aromatic N) is 7. The van der Waals surface area contributed by atoms with Crippen LogP contribution >= 0.6 is 23.5 Å². The van der Waals surface area contributed by atoms with Crippen molar-refractivity contribution in [2.24, 2.45) is 7.05 Å². The molecule has 28 nitrogen and oxygen atoms in total. The van der Waals surface area contributed by atoms with E-state index < -0.39 is 66.2 Å². The van der Waals surface area contributed by atoms with Gasteiger partial charge in [0.25, 0.3) is 17.4 Å². The number of carbonyl (C=O) groups is 8. The molecule has 1 aliphatic carbocycles. The summed E-state index contributed by atoms with van der Waals surface area (Å²) in [5.41, 5.74) is 4.43. The Morgan fingerprint density at radius 2 is 1.35 bits per heavy atom. The molecule has 4 aliphatic heterocycles. The zero-order valence-electron chi connectivity index (χ0n) is 66.6. The largest absolute Gasteiger partial charge is 0.495 e. The molecule has 30 heteroatoms. The summed E-state index contributed by atoms with van der Waals surface area (Å²) in [7, 11) is 3.27. The first-order valence-corrected chi connectivity index (χ1v) is 41.7. The molecule has 4 fully saturated rings. The van der Waals surface area contributed by atoms with Crippen LogP contribution in [0.3, 0.4) is 0 Å². The Hall–Kier alpha value is -11.5. The van der Waals surface area contributed by atoms with Gasteiger partial charge in [-0.2, -0.15) is 0 Å². The maximum Gasteiger partial charge on any atom is 0.328 e. The van der Waals surface area contributed by atoms with Crippen molar-refractivity contribution in [1.82, 2.24) is 61.2 Å². The first kappa shape index (κ1) is 83.9. The van der Waals surface area contributed by atoms with Crippen LogP contribution in [-0.2, 0) is 71.6 Å². The predicted molar refractivity (Wildman–Crippen MR) is 453 cm³/mol. The number of aryl methyl sites for hydroxylation is 1. The van der Waals surface area contributed by atoms with Gasteiger partial charge in [-0.15, -0.1) is 0 Å². The molecule has 1 saturated carbocycles. The third kappa shape index (κ3) is 21.1. The molecule has 0 radical (unpaired) electrons. The first-order valence-electron chi connectivity index (χ1n) is 40.1. The van der Waals surface area contributed by atoms with Gasteiger partial charge >= 0.3 is 6.03 Å². The highest BCUT2D eigenvalue weighted by Gasteiger charge is 2.46. The Bertz CT molecular complexity index is 5280. The van der Waals surface area contributed by atoms with E-state index in [9.17, 15) is 43.2 Å². The first-order chi connectivity index (χ1) is 57.9. The average Bonchev–Trinajstić information content (AvgIpc) is 1.70. The van der Waals surface area contributed by atoms with Crippen LogP contribution in [0.15, 0.2) is 201 Å². The average molecular weight is 1650 g/mol. The summed E-state index contributed by atoms with van der Waals surface area (Å²) in [6.07, 6.45) is 8.83. The van der Waals surface area contributed by atoms with Gasteiger partial charge in [-0.1, -0.05) is 138 Å². The number of aromatic amines is 1. The van der Waals surface area contributed by atoms with Crippen LogP contribution in [0.2, 0.25) is 0 Å². The van der Waals surface area contributed by atoms with Crippen LogP contribution in [0.4, 0.5) is 16.4 Å². The molecule has 9 amide bonds. The van der Waals surface area contributed by atoms with Crippen molar-refractivity contribution in [1.29, 1.82) is 0 Å². The molecule has 14 rings (SSSR count). The number of likely N-dealkylation sites (tertiary alicyclic amines) is 1. The van der Waals surface area contributed by atoms with Crippen LogP contribution in [0.1, 0.15) is 80.7 Å². The van der Waals surface area contributed by atoms with E-state index in [0.29, 0.717) is 75.0 Å². The normalized spacial score (nSPS) is 16.6. The fourth-order valence-corrected chi connectivity index (χ4v) is 17.1. The van der Waals surface area contributed by atoms with Crippen molar-refractivity contribution >= 4 is 104 Å². The molecule has 7 heterocycles. The maximum atomic E-state index is 14.5. The molecular weight excluding hydrogens is 1550 g/mol. The number of pyridine rings is 1. The molecule has 3 aromatic heterocycles. The highest BCUT2D eigenvalue weighted by atomic mass is 32.2. The predicted octanol–water partition coefficient (Wildman–Crippen LogP) is 8.46. The monoisotopic (exact) mass is 1650 g/mol. The SMILES string of the molecule is COc1ccc(C#CCNC2(C)CCN(C3CCN(c4nc([C@@](COCNC(=O)[C@H](Cc5ccccc5)NC(=O)CNC(=O)CNC(=O)CCOCCOCCN5C(=O)C(Sc6ccccc6)=C(Sc6ccccc6)C5=O)(OC5CC5)c5ccccc5)c5cc(-c6cn(C)c(=O)c7[nH]ccc67)ccc5n4)CC3)CC2)cc1N1CCC(=O)NC1=O. The van der Waals surface area contributed by atoms with Gasteiger partial charge in [0.15, 0.2) is 5.60 Å². The second-order valence-electron chi connectivity index (χ2n) is 30.1. The summed E-state index contributed by atoms with van der Waals surface area (Å²) < 4.78 is 32.5. The van der Waals surface area contributed by atoms with E-state index in [4.69, 9.17) is 33.7 Å². The van der Waals surface area contributed by atoms with Crippen molar-refractivity contribution in [2.75, 3.05) is 116 Å². The molecule has 7 N–H and O–H groups in total. The Morgan fingerprint density at radius 1 is 0.689 bits per heavy atom. The number of imide groups is 2. The number of nitrogens with one attached hydrogen (secondary N) is 7. The number of ether oxygens (including phenoxy) is 5. The molecule has 0 spiro atoms. The fourth-order valence-electron chi connectivity index (χ4n) is 15.0. The summed E-state index contributed by atoms with van der Waals surface area (Å²) in [5, 5.41) is 18.3. The van der Waals surface area contributed by atoms with Crippen LogP contribution in [0, 0.1) is 11.8 Å². The van der Waals surface area contributed by atoms with Crippen molar-refractivity contribution < 1.29 is 62.0 Å². The minimum atomic E-state index is -1.40. The molecule has 3 saturated heterocycles. The van der Waals surface area contributed by atoms with Crippen LogP contribution in [0.25, 0.3) is 32.9 Å². The number of H-pyrrole nitrogens is 1. The Balaban J connectivity index is 0.588. The maximum absolute atomic E-state index is 14.5. The van der Waals surface area contributed by atoms with Crippen molar-refractivity contribution in [3.8, 4) is 28.7 Å². The smallest absolute Gasteiger partial charge is 0.328 e. The number of amides is 9. The number of hydrogen-bond donors (Lipinski definition) is 7. The van der Waals surface area contributed by atoms with E-state index in [-0.39, 0.29) is 95.2 Å². The molecule has 0 bridgehead atoms. The van der Waals surface area contributed by atoms with E-state index >= 15 is 0 Å². The number of anilines is 2. The lowest BCUT2D eigenvalue weighted by atomic mass is 9.87. The van der Waals surface area contributed by atoms with Gasteiger partial charge < -0.3 is 69.6 Å². The van der Waals surface area contributed by atoms with E-state index in [2.05, 4.69) is 71.5 Å². The zero-order chi connectivity index (χ0) is 82.8. The van der Waals surface area contributed by atoms with E-state index in [1.54, 1.807) is 31.0 Å². The van der Waals surface area contributed by atoms with Crippen LogP contribution < -0.4 is 52.0 Å². The number of hydrogen-bond acceptors (Lipinski definition) is 21. The Kier molecular flexibility index (Phi) is 27.8. The molecule has 119 heavy (non-hydrogen) atoms. The fraction of sp³-hybridized carbons (Fsp3) is 0.360. The molecular formula is C89H96N14O14S2. The number of aromatic nitrogens is 4. The van der Waals surface area contributed by atoms with Gasteiger partial charge in [0.1, 0.15) is 24.0 Å². The molecule has 618 valence electrons. The van der Waals surface area contributed by atoms with E-state index in [0.717, 1.165) is 94.6 Å². The summed E-state index contributed by atoms with van der Waals surface area (Å²) in [6.45, 7) is 5.16. The molecule has 2 atom stereocenters. The van der Waals surface area contributed by atoms with Gasteiger partial charge in [-0.25, -0.2) is 14.8 Å². The number of fused-ring (bicyclic) bond motifs is 2. The highest BCUT2D eigenvalue weighted by Crippen LogP contribution is 2.46. The van der Waals surface area contributed by atoms with Gasteiger partial charge in [-0.05, 0) is 123 Å². The second-order valence-corrected chi connectivity index (χ2v) is 32.2. The van der Waals surface area contributed by atoms with Crippen LogP contribution in [-0.4, -0.2) is 206 Å². The summed E-state index contributed by atoms with van der Waals surface area (Å²) >= 11 is 2.50. The number of methoxy groups -OCH3 is 1. The number of rotatable bonds is 36. The van der Waals surface area contributed by atoms with Crippen LogP contribution in [0.5, 0.6) is 5.75 Å². The van der Waals surface area contributed by atoms with Crippen molar-refractivity contribution in [2.45, 2.75) is 104 Å². The van der Waals surface area contributed by atoms with Gasteiger partial charge in [-0.3, -0.25) is 53.5 Å². The topological polar surface area (TPSA) is 331 Å². The summed E-state index contributed by atoms with van der Waals surface area (Å²) in [4.78, 5) is 143.